The van der Waals surface area contributed by atoms with Crippen LogP contribution in [0.2, 0.25) is 0 Å². The first-order valence-corrected chi connectivity index (χ1v) is 7.02. The fraction of sp³-hybridized carbons (Fsp3) is 0.455. The predicted molar refractivity (Wildman–Crippen MR) is 62.0 cm³/mol. The molecular formula is C11H14FNO2S. The van der Waals surface area contributed by atoms with Gasteiger partial charge >= 0.3 is 0 Å². The Labute approximate surface area is 94.8 Å². The number of hydrogen-bond donors (Lipinski definition) is 0. The van der Waals surface area contributed by atoms with Crippen LogP contribution in [0.5, 0.6) is 0 Å². The molecule has 1 heterocycles. The molecule has 0 radical (unpaired) electrons. The molecule has 1 aliphatic rings. The Hall–Kier alpha value is -1.10. The third-order valence-electron chi connectivity index (χ3n) is 2.79. The molecule has 1 fully saturated rings. The number of rotatable bonds is 1. The molecule has 3 nitrogen and oxygen atoms in total. The molecule has 0 unspecified atom stereocenters. The van der Waals surface area contributed by atoms with Gasteiger partial charge in [0.05, 0.1) is 17.2 Å². The second-order valence-corrected chi connectivity index (χ2v) is 6.40. The van der Waals surface area contributed by atoms with Gasteiger partial charge in [0, 0.05) is 13.1 Å². The minimum Gasteiger partial charge on any atom is -0.367 e. The molecule has 0 spiro atoms. The Bertz CT molecular complexity index is 485. The number of anilines is 1. The highest BCUT2D eigenvalue weighted by Crippen LogP contribution is 2.22. The second-order valence-electron chi connectivity index (χ2n) is 4.09. The van der Waals surface area contributed by atoms with Crippen LogP contribution in [-0.4, -0.2) is 33.0 Å². The minimum atomic E-state index is -2.91. The molecule has 16 heavy (non-hydrogen) atoms. The summed E-state index contributed by atoms with van der Waals surface area (Å²) in [6.07, 6.45) is 0. The fourth-order valence-corrected chi connectivity index (χ4v) is 3.02. The van der Waals surface area contributed by atoms with Crippen molar-refractivity contribution in [1.82, 2.24) is 0 Å². The van der Waals surface area contributed by atoms with E-state index in [4.69, 9.17) is 0 Å². The van der Waals surface area contributed by atoms with E-state index in [2.05, 4.69) is 0 Å². The van der Waals surface area contributed by atoms with Crippen LogP contribution >= 0.6 is 0 Å². The summed E-state index contributed by atoms with van der Waals surface area (Å²) in [5.74, 6) is -0.0556. The van der Waals surface area contributed by atoms with Gasteiger partial charge in [0.15, 0.2) is 9.84 Å². The van der Waals surface area contributed by atoms with E-state index in [1.165, 1.54) is 6.07 Å². The smallest absolute Gasteiger partial charge is 0.153 e. The van der Waals surface area contributed by atoms with Crippen molar-refractivity contribution in [2.24, 2.45) is 0 Å². The van der Waals surface area contributed by atoms with Crippen molar-refractivity contribution in [1.29, 1.82) is 0 Å². The van der Waals surface area contributed by atoms with Crippen molar-refractivity contribution in [3.63, 3.8) is 0 Å². The first kappa shape index (κ1) is 11.4. The summed E-state index contributed by atoms with van der Waals surface area (Å²) in [6, 6.07) is 5.02. The monoisotopic (exact) mass is 243 g/mol. The summed E-state index contributed by atoms with van der Waals surface area (Å²) in [7, 11) is -2.91. The predicted octanol–water partition coefficient (Wildman–Crippen LogP) is 1.37. The van der Waals surface area contributed by atoms with E-state index in [1.807, 2.05) is 13.0 Å². The van der Waals surface area contributed by atoms with Crippen LogP contribution in [0.15, 0.2) is 18.2 Å². The number of benzene rings is 1. The molecular weight excluding hydrogens is 229 g/mol. The lowest BCUT2D eigenvalue weighted by Gasteiger charge is -2.29. The number of hydrogen-bond acceptors (Lipinski definition) is 3. The molecule has 0 N–H and O–H groups in total. The number of halogens is 1. The lowest BCUT2D eigenvalue weighted by Crippen LogP contribution is -2.40. The van der Waals surface area contributed by atoms with E-state index in [9.17, 15) is 12.8 Å². The summed E-state index contributed by atoms with van der Waals surface area (Å²) < 4.78 is 36.1. The van der Waals surface area contributed by atoms with Gasteiger partial charge in [0.1, 0.15) is 5.82 Å². The third-order valence-corrected chi connectivity index (χ3v) is 4.40. The van der Waals surface area contributed by atoms with E-state index in [0.717, 1.165) is 5.56 Å². The molecule has 0 aromatic heterocycles. The molecule has 5 heteroatoms. The Morgan fingerprint density at radius 2 is 1.88 bits per heavy atom. The van der Waals surface area contributed by atoms with Crippen LogP contribution in [-0.2, 0) is 9.84 Å². The molecule has 0 saturated carbocycles. The third kappa shape index (κ3) is 2.35. The second kappa shape index (κ2) is 4.05. The molecule has 0 amide bonds. The highest BCUT2D eigenvalue weighted by atomic mass is 32.2. The molecule has 1 saturated heterocycles. The van der Waals surface area contributed by atoms with Gasteiger partial charge in [-0.25, -0.2) is 12.8 Å². The van der Waals surface area contributed by atoms with Gasteiger partial charge in [0.2, 0.25) is 0 Å². The van der Waals surface area contributed by atoms with Crippen LogP contribution in [0.3, 0.4) is 0 Å². The number of aryl methyl sites for hydroxylation is 1. The summed E-state index contributed by atoms with van der Waals surface area (Å²) in [5.41, 5.74) is 1.37. The SMILES string of the molecule is Cc1ccc(N2CCS(=O)(=O)CC2)c(F)c1. The van der Waals surface area contributed by atoms with Gasteiger partial charge < -0.3 is 4.90 Å². The van der Waals surface area contributed by atoms with Crippen LogP contribution in [0, 0.1) is 12.7 Å². The molecule has 0 atom stereocenters. The van der Waals surface area contributed by atoms with Crippen molar-refractivity contribution in [3.05, 3.63) is 29.6 Å². The van der Waals surface area contributed by atoms with E-state index < -0.39 is 9.84 Å². The maximum Gasteiger partial charge on any atom is 0.153 e. The van der Waals surface area contributed by atoms with Gasteiger partial charge in [-0.3, -0.25) is 0 Å². The highest BCUT2D eigenvalue weighted by molar-refractivity contribution is 7.91. The molecule has 0 bridgehead atoms. The lowest BCUT2D eigenvalue weighted by molar-refractivity contribution is 0.581. The maximum atomic E-state index is 13.6. The molecule has 0 aliphatic carbocycles. The minimum absolute atomic E-state index is 0.111. The summed E-state index contributed by atoms with van der Waals surface area (Å²) in [6.45, 7) is 2.58. The Morgan fingerprint density at radius 1 is 1.25 bits per heavy atom. The van der Waals surface area contributed by atoms with Crippen LogP contribution in [0.4, 0.5) is 10.1 Å². The molecule has 88 valence electrons. The topological polar surface area (TPSA) is 37.4 Å². The number of nitrogens with zero attached hydrogens (tertiary/aromatic N) is 1. The van der Waals surface area contributed by atoms with Gasteiger partial charge in [-0.15, -0.1) is 0 Å². The zero-order valence-corrected chi connectivity index (χ0v) is 9.93. The summed E-state index contributed by atoms with van der Waals surface area (Å²) >= 11 is 0. The van der Waals surface area contributed by atoms with E-state index in [1.54, 1.807) is 11.0 Å². The summed E-state index contributed by atoms with van der Waals surface area (Å²) in [4.78, 5) is 1.79. The van der Waals surface area contributed by atoms with Gasteiger partial charge in [-0.05, 0) is 24.6 Å². The lowest BCUT2D eigenvalue weighted by atomic mass is 10.2. The van der Waals surface area contributed by atoms with Crippen molar-refractivity contribution in [2.45, 2.75) is 6.92 Å². The van der Waals surface area contributed by atoms with Crippen molar-refractivity contribution in [3.8, 4) is 0 Å². The fourth-order valence-electron chi connectivity index (χ4n) is 1.82. The number of sulfone groups is 1. The molecule has 2 rings (SSSR count). The van der Waals surface area contributed by atoms with Crippen LogP contribution in [0.1, 0.15) is 5.56 Å². The Morgan fingerprint density at radius 3 is 2.44 bits per heavy atom. The Balaban J connectivity index is 2.20. The van der Waals surface area contributed by atoms with Gasteiger partial charge in [-0.1, -0.05) is 6.07 Å². The van der Waals surface area contributed by atoms with E-state index in [0.29, 0.717) is 18.8 Å². The summed E-state index contributed by atoms with van der Waals surface area (Å²) in [5, 5.41) is 0. The standard InChI is InChI=1S/C11H14FNO2S/c1-9-2-3-11(10(12)8-9)13-4-6-16(14,15)7-5-13/h2-3,8H,4-7H2,1H3. The van der Waals surface area contributed by atoms with Gasteiger partial charge in [0.25, 0.3) is 0 Å². The van der Waals surface area contributed by atoms with Gasteiger partial charge in [-0.2, -0.15) is 0 Å². The zero-order valence-electron chi connectivity index (χ0n) is 9.11. The average Bonchev–Trinajstić information content (AvgIpc) is 2.19. The average molecular weight is 243 g/mol. The quantitative estimate of drug-likeness (QED) is 0.747. The van der Waals surface area contributed by atoms with Crippen molar-refractivity contribution < 1.29 is 12.8 Å². The van der Waals surface area contributed by atoms with Crippen molar-refractivity contribution in [2.75, 3.05) is 29.5 Å². The zero-order chi connectivity index (χ0) is 11.8. The van der Waals surface area contributed by atoms with E-state index >= 15 is 0 Å². The Kier molecular flexibility index (Phi) is 2.88. The maximum absolute atomic E-state index is 13.6. The molecule has 1 aliphatic heterocycles. The first-order valence-electron chi connectivity index (χ1n) is 5.19. The largest absolute Gasteiger partial charge is 0.367 e. The van der Waals surface area contributed by atoms with Crippen molar-refractivity contribution >= 4 is 15.5 Å². The van der Waals surface area contributed by atoms with E-state index in [-0.39, 0.29) is 17.3 Å². The van der Waals surface area contributed by atoms with Crippen LogP contribution < -0.4 is 4.90 Å². The highest BCUT2D eigenvalue weighted by Gasteiger charge is 2.23. The first-order chi connectivity index (χ1) is 7.48. The molecule has 1 aromatic rings. The molecule has 1 aromatic carbocycles. The normalized spacial score (nSPS) is 19.8. The van der Waals surface area contributed by atoms with Crippen LogP contribution in [0.25, 0.3) is 0 Å².